The number of benzene rings is 2. The molecule has 0 bridgehead atoms. The van der Waals surface area contributed by atoms with Crippen LogP contribution in [0.2, 0.25) is 19.1 Å². The standard InChI is InChI=1S/C38H60N2O2Si.CH3/c1-13-14-19-43(11,12)29-21-27(35(42)31(23-29)38(8,9)10)25-40-33-18-16-15-17-32(33)39-24-26-20-28(36(2,3)4)22-30(34(26)41)37(5,6)7;/h20-25,32-33,41-42H,13-19H2,1-12H3;1H3/q;-1/t32-,33-;/m0./s1. The molecule has 246 valence electrons. The predicted molar refractivity (Wildman–Crippen MR) is 197 cm³/mol. The van der Waals surface area contributed by atoms with Gasteiger partial charge in [-0.1, -0.05) is 137 Å². The summed E-state index contributed by atoms with van der Waals surface area (Å²) in [5.74, 6) is 0.682. The van der Waals surface area contributed by atoms with Gasteiger partial charge in [0.15, 0.2) is 0 Å². The summed E-state index contributed by atoms with van der Waals surface area (Å²) in [6.45, 7) is 26.7. The lowest BCUT2D eigenvalue weighted by molar-refractivity contribution is 0.390. The van der Waals surface area contributed by atoms with E-state index in [9.17, 15) is 10.2 Å². The number of nitrogens with zero attached hydrogens (tertiary/aromatic N) is 2. The summed E-state index contributed by atoms with van der Waals surface area (Å²) < 4.78 is 0. The molecule has 0 unspecified atom stereocenters. The fraction of sp³-hybridized carbons (Fsp3) is 0.615. The average Bonchev–Trinajstić information content (AvgIpc) is 2.89. The van der Waals surface area contributed by atoms with Crippen LogP contribution >= 0.6 is 0 Å². The van der Waals surface area contributed by atoms with Crippen molar-refractivity contribution in [1.82, 2.24) is 0 Å². The van der Waals surface area contributed by atoms with Crippen molar-refractivity contribution in [3.05, 3.63) is 59.5 Å². The van der Waals surface area contributed by atoms with Crippen LogP contribution in [0.5, 0.6) is 11.5 Å². The highest BCUT2D eigenvalue weighted by molar-refractivity contribution is 6.89. The third-order valence-corrected chi connectivity index (χ3v) is 12.7. The normalized spacial score (nSPS) is 18.6. The highest BCUT2D eigenvalue weighted by atomic mass is 28.3. The topological polar surface area (TPSA) is 65.2 Å². The number of hydrogen-bond acceptors (Lipinski definition) is 4. The second kappa shape index (κ2) is 14.4. The maximum Gasteiger partial charge on any atom is 0.128 e. The zero-order chi connectivity index (χ0) is 32.4. The van der Waals surface area contributed by atoms with Crippen LogP contribution in [-0.2, 0) is 16.2 Å². The van der Waals surface area contributed by atoms with E-state index >= 15 is 0 Å². The molecule has 1 saturated carbocycles. The molecule has 0 saturated heterocycles. The second-order valence-electron chi connectivity index (χ2n) is 16.6. The van der Waals surface area contributed by atoms with Gasteiger partial charge in [-0.3, -0.25) is 9.98 Å². The van der Waals surface area contributed by atoms with Gasteiger partial charge in [0.2, 0.25) is 0 Å². The molecule has 0 aromatic heterocycles. The third kappa shape index (κ3) is 9.31. The summed E-state index contributed by atoms with van der Waals surface area (Å²) in [4.78, 5) is 10.2. The van der Waals surface area contributed by atoms with Crippen molar-refractivity contribution >= 4 is 25.7 Å². The van der Waals surface area contributed by atoms with E-state index in [2.05, 4.69) is 107 Å². The van der Waals surface area contributed by atoms with Crippen LogP contribution in [-0.4, -0.2) is 42.8 Å². The number of rotatable bonds is 8. The third-order valence-electron chi connectivity index (χ3n) is 9.20. The molecule has 1 fully saturated rings. The van der Waals surface area contributed by atoms with E-state index in [0.717, 1.165) is 47.9 Å². The Morgan fingerprint density at radius 1 is 0.727 bits per heavy atom. The van der Waals surface area contributed by atoms with Crippen LogP contribution in [0.1, 0.15) is 136 Å². The molecule has 0 radical (unpaired) electrons. The van der Waals surface area contributed by atoms with Crippen LogP contribution in [0, 0.1) is 7.43 Å². The van der Waals surface area contributed by atoms with Gasteiger partial charge in [-0.05, 0) is 46.3 Å². The van der Waals surface area contributed by atoms with Gasteiger partial charge in [-0.2, -0.15) is 0 Å². The first kappa shape index (κ1) is 37.8. The summed E-state index contributed by atoms with van der Waals surface area (Å²) in [6.07, 6.45) is 10.5. The van der Waals surface area contributed by atoms with Crippen LogP contribution in [0.25, 0.3) is 0 Å². The molecule has 5 heteroatoms. The van der Waals surface area contributed by atoms with E-state index in [1.807, 2.05) is 12.4 Å². The maximum atomic E-state index is 11.4. The number of aromatic hydroxyl groups is 2. The molecule has 2 aromatic rings. The molecule has 3 rings (SSSR count). The minimum Gasteiger partial charge on any atom is -0.507 e. The Morgan fingerprint density at radius 3 is 1.61 bits per heavy atom. The molecule has 2 N–H and O–H groups in total. The Balaban J connectivity index is 0.00000675. The number of phenolic OH excluding ortho intramolecular Hbond substituents is 2. The molecule has 2 aromatic carbocycles. The lowest BCUT2D eigenvalue weighted by atomic mass is 9.79. The zero-order valence-electron chi connectivity index (χ0n) is 30.4. The quantitative estimate of drug-likeness (QED) is 0.175. The van der Waals surface area contributed by atoms with Gasteiger partial charge in [-0.15, -0.1) is 0 Å². The highest BCUT2D eigenvalue weighted by Crippen LogP contribution is 2.38. The fourth-order valence-electron chi connectivity index (χ4n) is 6.03. The monoisotopic (exact) mass is 619 g/mol. The van der Waals surface area contributed by atoms with Gasteiger partial charge in [0.25, 0.3) is 0 Å². The summed E-state index contributed by atoms with van der Waals surface area (Å²) in [5, 5.41) is 24.1. The first-order valence-corrected chi connectivity index (χ1v) is 19.8. The van der Waals surface area contributed by atoms with Crippen LogP contribution in [0.3, 0.4) is 0 Å². The molecule has 0 spiro atoms. The van der Waals surface area contributed by atoms with Crippen molar-refractivity contribution in [2.45, 2.75) is 155 Å². The molecule has 0 amide bonds. The molecule has 1 aliphatic rings. The zero-order valence-corrected chi connectivity index (χ0v) is 31.4. The maximum absolute atomic E-state index is 11.4. The van der Waals surface area contributed by atoms with E-state index in [-0.39, 0.29) is 35.8 Å². The molecular weight excluding hydrogens is 557 g/mol. The Kier molecular flexibility index (Phi) is 12.3. The predicted octanol–water partition coefficient (Wildman–Crippen LogP) is 10.0. The summed E-state index contributed by atoms with van der Waals surface area (Å²) in [6, 6.07) is 10.1. The highest BCUT2D eigenvalue weighted by Gasteiger charge is 2.29. The summed E-state index contributed by atoms with van der Waals surface area (Å²) >= 11 is 0. The molecule has 0 aliphatic heterocycles. The van der Waals surface area contributed by atoms with E-state index in [4.69, 9.17) is 9.98 Å². The van der Waals surface area contributed by atoms with Crippen LogP contribution in [0.15, 0.2) is 34.3 Å². The van der Waals surface area contributed by atoms with Gasteiger partial charge in [0.05, 0.1) is 20.2 Å². The first-order chi connectivity index (χ1) is 19.8. The Labute approximate surface area is 271 Å². The number of hydrogen-bond donors (Lipinski definition) is 2. The summed E-state index contributed by atoms with van der Waals surface area (Å²) in [7, 11) is -1.66. The lowest BCUT2D eigenvalue weighted by Crippen LogP contribution is -2.42. The number of aliphatic imine (C=N–C) groups is 2. The van der Waals surface area contributed by atoms with E-state index < -0.39 is 8.07 Å². The minimum atomic E-state index is -1.66. The number of unbranched alkanes of at least 4 members (excludes halogenated alkanes) is 1. The Hall–Kier alpha value is -2.40. The van der Waals surface area contributed by atoms with Gasteiger partial charge in [-0.25, -0.2) is 0 Å². The summed E-state index contributed by atoms with van der Waals surface area (Å²) in [5.41, 5.74) is 4.39. The smallest absolute Gasteiger partial charge is 0.128 e. The van der Waals surface area contributed by atoms with E-state index in [1.165, 1.54) is 29.6 Å². The van der Waals surface area contributed by atoms with Crippen molar-refractivity contribution in [3.8, 4) is 11.5 Å². The molecule has 4 nitrogen and oxygen atoms in total. The van der Waals surface area contributed by atoms with Gasteiger partial charge in [0, 0.05) is 29.1 Å². The number of phenols is 2. The van der Waals surface area contributed by atoms with Crippen molar-refractivity contribution in [2.24, 2.45) is 9.98 Å². The molecule has 1 aliphatic carbocycles. The van der Waals surface area contributed by atoms with Gasteiger partial charge >= 0.3 is 0 Å². The van der Waals surface area contributed by atoms with Gasteiger partial charge in [0.1, 0.15) is 11.5 Å². The SMILES string of the molecule is CCCC[Si](C)(C)c1cc(C=N[C@H]2CCCC[C@@H]2N=Cc2cc(C(C)(C)C)cc(C(C)(C)C)c2O)c(O)c(C(C)(C)C)c1.[CH3-]. The molecule has 44 heavy (non-hydrogen) atoms. The van der Waals surface area contributed by atoms with Crippen molar-refractivity contribution in [2.75, 3.05) is 0 Å². The van der Waals surface area contributed by atoms with Crippen molar-refractivity contribution in [3.63, 3.8) is 0 Å². The molecule has 2 atom stereocenters. The van der Waals surface area contributed by atoms with Crippen LogP contribution in [0.4, 0.5) is 0 Å². The van der Waals surface area contributed by atoms with Gasteiger partial charge < -0.3 is 17.6 Å². The second-order valence-corrected chi connectivity index (χ2v) is 21.5. The van der Waals surface area contributed by atoms with Crippen molar-refractivity contribution in [1.29, 1.82) is 0 Å². The lowest BCUT2D eigenvalue weighted by Gasteiger charge is -2.29. The van der Waals surface area contributed by atoms with E-state index in [0.29, 0.717) is 11.5 Å². The van der Waals surface area contributed by atoms with E-state index in [1.54, 1.807) is 0 Å². The fourth-order valence-corrected chi connectivity index (χ4v) is 8.64. The largest absolute Gasteiger partial charge is 0.507 e. The van der Waals surface area contributed by atoms with Crippen molar-refractivity contribution < 1.29 is 10.2 Å². The Bertz CT molecular complexity index is 1320. The first-order valence-electron chi connectivity index (χ1n) is 16.6. The minimum absolute atomic E-state index is 0. The average molecular weight is 620 g/mol. The van der Waals surface area contributed by atoms with Crippen LogP contribution < -0.4 is 5.19 Å². The Morgan fingerprint density at radius 2 is 1.18 bits per heavy atom. The molecular formula is C39H63N2O2Si-. The molecule has 0 heterocycles.